The SMILES string of the molecule is O=C(O)/C=C1\CCCCC1Cc1ccc(F)cc1. The van der Waals surface area contributed by atoms with Crippen molar-refractivity contribution >= 4 is 5.97 Å². The van der Waals surface area contributed by atoms with Crippen molar-refractivity contribution in [3.8, 4) is 0 Å². The number of carboxylic acid groups (broad SMARTS) is 1. The monoisotopic (exact) mass is 248 g/mol. The Morgan fingerprint density at radius 1 is 1.33 bits per heavy atom. The highest BCUT2D eigenvalue weighted by Crippen LogP contribution is 2.31. The minimum absolute atomic E-state index is 0.233. The molecule has 0 saturated heterocycles. The van der Waals surface area contributed by atoms with Crippen LogP contribution in [0.2, 0.25) is 0 Å². The summed E-state index contributed by atoms with van der Waals surface area (Å²) >= 11 is 0. The first-order valence-electron chi connectivity index (χ1n) is 6.33. The fraction of sp³-hybridized carbons (Fsp3) is 0.400. The summed E-state index contributed by atoms with van der Waals surface area (Å²) in [4.78, 5) is 10.8. The largest absolute Gasteiger partial charge is 0.478 e. The van der Waals surface area contributed by atoms with E-state index in [1.165, 1.54) is 18.2 Å². The molecule has 0 aliphatic heterocycles. The molecule has 0 bridgehead atoms. The van der Waals surface area contributed by atoms with Gasteiger partial charge >= 0.3 is 5.97 Å². The van der Waals surface area contributed by atoms with E-state index >= 15 is 0 Å². The number of carbonyl (C=O) groups is 1. The number of benzene rings is 1. The highest BCUT2D eigenvalue weighted by Gasteiger charge is 2.20. The lowest BCUT2D eigenvalue weighted by molar-refractivity contribution is -0.131. The van der Waals surface area contributed by atoms with Crippen LogP contribution in [0, 0.1) is 11.7 Å². The summed E-state index contributed by atoms with van der Waals surface area (Å²) in [5.74, 6) is -0.806. The molecule has 96 valence electrons. The van der Waals surface area contributed by atoms with E-state index in [0.717, 1.165) is 43.2 Å². The molecular formula is C15H17FO2. The van der Waals surface area contributed by atoms with Crippen LogP contribution in [0.15, 0.2) is 35.9 Å². The molecule has 0 radical (unpaired) electrons. The van der Waals surface area contributed by atoms with Crippen molar-refractivity contribution in [1.29, 1.82) is 0 Å². The summed E-state index contributed by atoms with van der Waals surface area (Å²) in [6, 6.07) is 6.47. The van der Waals surface area contributed by atoms with E-state index in [0.29, 0.717) is 5.92 Å². The molecule has 2 rings (SSSR count). The minimum Gasteiger partial charge on any atom is -0.478 e. The molecule has 18 heavy (non-hydrogen) atoms. The van der Waals surface area contributed by atoms with Crippen molar-refractivity contribution in [2.45, 2.75) is 32.1 Å². The summed E-state index contributed by atoms with van der Waals surface area (Å²) < 4.78 is 12.8. The Labute approximate surface area is 106 Å². The molecule has 1 aromatic carbocycles. The van der Waals surface area contributed by atoms with E-state index in [9.17, 15) is 9.18 Å². The predicted octanol–water partition coefficient (Wildman–Crippen LogP) is 3.57. The maximum atomic E-state index is 12.8. The molecule has 0 amide bonds. The van der Waals surface area contributed by atoms with E-state index in [2.05, 4.69) is 0 Å². The summed E-state index contributed by atoms with van der Waals surface area (Å²) in [6.45, 7) is 0. The first-order chi connectivity index (χ1) is 8.65. The van der Waals surface area contributed by atoms with Crippen LogP contribution < -0.4 is 0 Å². The van der Waals surface area contributed by atoms with Gasteiger partial charge in [-0.3, -0.25) is 0 Å². The van der Waals surface area contributed by atoms with Crippen LogP contribution in [0.1, 0.15) is 31.2 Å². The average Bonchev–Trinajstić information content (AvgIpc) is 2.34. The molecule has 2 nitrogen and oxygen atoms in total. The summed E-state index contributed by atoms with van der Waals surface area (Å²) in [5.41, 5.74) is 2.10. The van der Waals surface area contributed by atoms with Gasteiger partial charge in [-0.15, -0.1) is 0 Å². The topological polar surface area (TPSA) is 37.3 Å². The van der Waals surface area contributed by atoms with Gasteiger partial charge < -0.3 is 5.11 Å². The van der Waals surface area contributed by atoms with E-state index in [-0.39, 0.29) is 5.82 Å². The second-order valence-electron chi connectivity index (χ2n) is 4.83. The van der Waals surface area contributed by atoms with Gasteiger partial charge in [-0.1, -0.05) is 24.1 Å². The van der Waals surface area contributed by atoms with Crippen LogP contribution in [-0.4, -0.2) is 11.1 Å². The Hall–Kier alpha value is -1.64. The van der Waals surface area contributed by atoms with Gasteiger partial charge in [-0.05, 0) is 49.3 Å². The molecule has 0 aromatic heterocycles. The number of hydrogen-bond donors (Lipinski definition) is 1. The Morgan fingerprint density at radius 2 is 2.06 bits per heavy atom. The lowest BCUT2D eigenvalue weighted by Gasteiger charge is -2.25. The zero-order valence-electron chi connectivity index (χ0n) is 10.2. The Kier molecular flexibility index (Phi) is 4.13. The fourth-order valence-electron chi connectivity index (χ4n) is 2.60. The van der Waals surface area contributed by atoms with Crippen LogP contribution in [0.5, 0.6) is 0 Å². The predicted molar refractivity (Wildman–Crippen MR) is 67.8 cm³/mol. The summed E-state index contributed by atoms with van der Waals surface area (Å²) in [5, 5.41) is 8.86. The molecule has 3 heteroatoms. The van der Waals surface area contributed by atoms with Gasteiger partial charge in [0.25, 0.3) is 0 Å². The number of rotatable bonds is 3. The molecule has 1 atom stereocenters. The van der Waals surface area contributed by atoms with E-state index in [1.54, 1.807) is 12.1 Å². The Morgan fingerprint density at radius 3 is 2.72 bits per heavy atom. The second-order valence-corrected chi connectivity index (χ2v) is 4.83. The van der Waals surface area contributed by atoms with Gasteiger partial charge in [0.15, 0.2) is 0 Å². The Balaban J connectivity index is 2.10. The van der Waals surface area contributed by atoms with Gasteiger partial charge in [0.1, 0.15) is 5.82 Å². The van der Waals surface area contributed by atoms with Gasteiger partial charge in [0.2, 0.25) is 0 Å². The van der Waals surface area contributed by atoms with Crippen molar-refractivity contribution in [2.75, 3.05) is 0 Å². The number of allylic oxidation sites excluding steroid dienone is 1. The lowest BCUT2D eigenvalue weighted by atomic mass is 9.80. The number of carboxylic acids is 1. The molecule has 1 aromatic rings. The number of halogens is 1. The molecule has 1 unspecified atom stereocenters. The molecule has 1 aliphatic rings. The van der Waals surface area contributed by atoms with Crippen molar-refractivity contribution in [3.05, 3.63) is 47.3 Å². The van der Waals surface area contributed by atoms with Crippen molar-refractivity contribution in [1.82, 2.24) is 0 Å². The maximum Gasteiger partial charge on any atom is 0.328 e. The second kappa shape index (κ2) is 5.80. The third kappa shape index (κ3) is 3.42. The smallest absolute Gasteiger partial charge is 0.328 e. The van der Waals surface area contributed by atoms with E-state index in [4.69, 9.17) is 5.11 Å². The van der Waals surface area contributed by atoms with Crippen molar-refractivity contribution in [2.24, 2.45) is 5.92 Å². The van der Waals surface area contributed by atoms with Gasteiger partial charge in [0, 0.05) is 6.08 Å². The summed E-state index contributed by atoms with van der Waals surface area (Å²) in [6.07, 6.45) is 6.27. The molecule has 0 heterocycles. The maximum absolute atomic E-state index is 12.8. The summed E-state index contributed by atoms with van der Waals surface area (Å²) in [7, 11) is 0. The molecular weight excluding hydrogens is 231 g/mol. The molecule has 1 saturated carbocycles. The minimum atomic E-state index is -0.865. The molecule has 0 spiro atoms. The van der Waals surface area contributed by atoms with Gasteiger partial charge in [0.05, 0.1) is 0 Å². The Bertz CT molecular complexity index is 448. The zero-order valence-corrected chi connectivity index (χ0v) is 10.2. The molecule has 1 N–H and O–H groups in total. The first kappa shape index (κ1) is 12.8. The third-order valence-corrected chi connectivity index (χ3v) is 3.50. The highest BCUT2D eigenvalue weighted by molar-refractivity contribution is 5.80. The molecule has 1 fully saturated rings. The van der Waals surface area contributed by atoms with Crippen LogP contribution in [0.3, 0.4) is 0 Å². The van der Waals surface area contributed by atoms with Crippen molar-refractivity contribution < 1.29 is 14.3 Å². The fourth-order valence-corrected chi connectivity index (χ4v) is 2.60. The zero-order chi connectivity index (χ0) is 13.0. The van der Waals surface area contributed by atoms with Crippen LogP contribution >= 0.6 is 0 Å². The van der Waals surface area contributed by atoms with Crippen molar-refractivity contribution in [3.63, 3.8) is 0 Å². The van der Waals surface area contributed by atoms with Crippen LogP contribution in [0.4, 0.5) is 4.39 Å². The third-order valence-electron chi connectivity index (χ3n) is 3.50. The highest BCUT2D eigenvalue weighted by atomic mass is 19.1. The number of aliphatic carboxylic acids is 1. The standard InChI is InChI=1S/C15H17FO2/c16-14-7-5-11(6-8-14)9-12-3-1-2-4-13(12)10-15(17)18/h5-8,10,12H,1-4,9H2,(H,17,18)/b13-10+. The average molecular weight is 248 g/mol. The van der Waals surface area contributed by atoms with Crippen LogP contribution in [0.25, 0.3) is 0 Å². The lowest BCUT2D eigenvalue weighted by Crippen LogP contribution is -2.14. The normalized spacial score (nSPS) is 22.1. The molecule has 1 aliphatic carbocycles. The van der Waals surface area contributed by atoms with Crippen LogP contribution in [-0.2, 0) is 11.2 Å². The van der Waals surface area contributed by atoms with Gasteiger partial charge in [-0.2, -0.15) is 0 Å². The van der Waals surface area contributed by atoms with E-state index in [1.807, 2.05) is 0 Å². The number of hydrogen-bond acceptors (Lipinski definition) is 1. The first-order valence-corrected chi connectivity index (χ1v) is 6.33. The van der Waals surface area contributed by atoms with E-state index < -0.39 is 5.97 Å². The van der Waals surface area contributed by atoms with Gasteiger partial charge in [-0.25, -0.2) is 9.18 Å². The quantitative estimate of drug-likeness (QED) is 0.830.